The number of amides is 1. The lowest BCUT2D eigenvalue weighted by atomic mass is 10.2. The summed E-state index contributed by atoms with van der Waals surface area (Å²) in [5, 5.41) is 2.78. The zero-order chi connectivity index (χ0) is 13.7. The molecule has 2 rings (SSSR count). The summed E-state index contributed by atoms with van der Waals surface area (Å²) in [4.78, 5) is 15.5. The Morgan fingerprint density at radius 3 is 2.68 bits per heavy atom. The Morgan fingerprint density at radius 2 is 2.11 bits per heavy atom. The second-order valence-electron chi connectivity index (χ2n) is 4.22. The molecule has 0 radical (unpaired) electrons. The van der Waals surface area contributed by atoms with Crippen LogP contribution in [0.3, 0.4) is 0 Å². The fourth-order valence-electron chi connectivity index (χ4n) is 1.81. The number of carbonyl (C=O) groups excluding carboxylic acids is 1. The van der Waals surface area contributed by atoms with Crippen LogP contribution in [0.1, 0.15) is 11.4 Å². The lowest BCUT2D eigenvalue weighted by Gasteiger charge is -2.07. The predicted octanol–water partition coefficient (Wildman–Crippen LogP) is 1.44. The molecule has 1 aromatic carbocycles. The van der Waals surface area contributed by atoms with Gasteiger partial charge >= 0.3 is 0 Å². The summed E-state index contributed by atoms with van der Waals surface area (Å²) in [7, 11) is 1.50. The van der Waals surface area contributed by atoms with E-state index >= 15 is 0 Å². The van der Waals surface area contributed by atoms with Gasteiger partial charge in [0.25, 0.3) is 0 Å². The van der Waals surface area contributed by atoms with E-state index in [-0.39, 0.29) is 12.5 Å². The molecule has 0 fully saturated rings. The monoisotopic (exact) mass is 259 g/mol. The summed E-state index contributed by atoms with van der Waals surface area (Å²) in [6, 6.07) is 7.99. The molecule has 19 heavy (non-hydrogen) atoms. The van der Waals surface area contributed by atoms with E-state index in [1.165, 1.54) is 7.11 Å². The predicted molar refractivity (Wildman–Crippen MR) is 72.0 cm³/mol. The third-order valence-electron chi connectivity index (χ3n) is 2.81. The molecule has 5 nitrogen and oxygen atoms in total. The Balaban J connectivity index is 1.99. The van der Waals surface area contributed by atoms with Crippen LogP contribution >= 0.6 is 0 Å². The molecule has 2 aromatic rings. The van der Waals surface area contributed by atoms with Gasteiger partial charge in [-0.2, -0.15) is 0 Å². The van der Waals surface area contributed by atoms with Crippen LogP contribution in [0.15, 0.2) is 36.7 Å². The van der Waals surface area contributed by atoms with Crippen LogP contribution < -0.4 is 5.32 Å². The van der Waals surface area contributed by atoms with Gasteiger partial charge in [-0.05, 0) is 24.6 Å². The summed E-state index contributed by atoms with van der Waals surface area (Å²) in [6.45, 7) is 2.55. The van der Waals surface area contributed by atoms with E-state index in [0.29, 0.717) is 6.54 Å². The summed E-state index contributed by atoms with van der Waals surface area (Å²) >= 11 is 0. The van der Waals surface area contributed by atoms with Gasteiger partial charge in [-0.15, -0.1) is 0 Å². The lowest BCUT2D eigenvalue weighted by molar-refractivity contribution is -0.124. The quantitative estimate of drug-likeness (QED) is 0.884. The highest BCUT2D eigenvalue weighted by Gasteiger charge is 2.02. The van der Waals surface area contributed by atoms with E-state index < -0.39 is 0 Å². The molecular weight excluding hydrogens is 242 g/mol. The maximum atomic E-state index is 11.3. The molecule has 0 aliphatic rings. The van der Waals surface area contributed by atoms with Crippen molar-refractivity contribution >= 4 is 5.91 Å². The topological polar surface area (TPSA) is 56.1 Å². The van der Waals surface area contributed by atoms with Gasteiger partial charge < -0.3 is 14.6 Å². The molecule has 0 aliphatic heterocycles. The van der Waals surface area contributed by atoms with Crippen molar-refractivity contribution in [2.75, 3.05) is 13.7 Å². The number of carbonyl (C=O) groups is 1. The maximum Gasteiger partial charge on any atom is 0.246 e. The SMILES string of the molecule is COCC(=O)NCc1ccc(-n2ccnc2C)cc1. The zero-order valence-electron chi connectivity index (χ0n) is 11.1. The van der Waals surface area contributed by atoms with Gasteiger partial charge in [0, 0.05) is 31.7 Å². The number of aromatic nitrogens is 2. The van der Waals surface area contributed by atoms with E-state index in [2.05, 4.69) is 10.3 Å². The largest absolute Gasteiger partial charge is 0.375 e. The maximum absolute atomic E-state index is 11.3. The lowest BCUT2D eigenvalue weighted by Crippen LogP contribution is -2.26. The molecule has 0 saturated carbocycles. The van der Waals surface area contributed by atoms with Crippen molar-refractivity contribution in [2.45, 2.75) is 13.5 Å². The summed E-state index contributed by atoms with van der Waals surface area (Å²) in [5.74, 6) is 0.832. The van der Waals surface area contributed by atoms with Gasteiger partial charge in [-0.3, -0.25) is 4.79 Å². The minimum atomic E-state index is -0.114. The van der Waals surface area contributed by atoms with Crippen LogP contribution in [0.5, 0.6) is 0 Å². The molecule has 100 valence electrons. The molecule has 0 atom stereocenters. The average molecular weight is 259 g/mol. The zero-order valence-corrected chi connectivity index (χ0v) is 11.1. The number of ether oxygens (including phenoxy) is 1. The highest BCUT2D eigenvalue weighted by molar-refractivity contribution is 5.77. The van der Waals surface area contributed by atoms with Crippen LogP contribution in [0.2, 0.25) is 0 Å². The van der Waals surface area contributed by atoms with Crippen LogP contribution in [-0.2, 0) is 16.1 Å². The average Bonchev–Trinajstić information content (AvgIpc) is 2.84. The van der Waals surface area contributed by atoms with Crippen molar-refractivity contribution in [1.82, 2.24) is 14.9 Å². The van der Waals surface area contributed by atoms with Gasteiger partial charge in [-0.25, -0.2) is 4.98 Å². The highest BCUT2D eigenvalue weighted by Crippen LogP contribution is 2.11. The number of imidazole rings is 1. The minimum Gasteiger partial charge on any atom is -0.375 e. The van der Waals surface area contributed by atoms with Crippen molar-refractivity contribution in [3.05, 3.63) is 48.0 Å². The number of nitrogens with zero attached hydrogens (tertiary/aromatic N) is 2. The molecule has 1 aromatic heterocycles. The van der Waals surface area contributed by atoms with E-state index in [1.807, 2.05) is 42.0 Å². The number of aryl methyl sites for hydroxylation is 1. The summed E-state index contributed by atoms with van der Waals surface area (Å²) in [6.07, 6.45) is 3.69. The van der Waals surface area contributed by atoms with Crippen LogP contribution in [0, 0.1) is 6.92 Å². The molecule has 1 amide bonds. The summed E-state index contributed by atoms with van der Waals surface area (Å²) in [5.41, 5.74) is 2.10. The smallest absolute Gasteiger partial charge is 0.246 e. The van der Waals surface area contributed by atoms with Crippen LogP contribution in [-0.4, -0.2) is 29.2 Å². The third-order valence-corrected chi connectivity index (χ3v) is 2.81. The summed E-state index contributed by atoms with van der Waals surface area (Å²) < 4.78 is 6.76. The second-order valence-corrected chi connectivity index (χ2v) is 4.22. The molecule has 0 saturated heterocycles. The van der Waals surface area contributed by atoms with Crippen LogP contribution in [0.25, 0.3) is 5.69 Å². The molecule has 5 heteroatoms. The Kier molecular flexibility index (Phi) is 4.30. The first-order chi connectivity index (χ1) is 9.20. The first kappa shape index (κ1) is 13.3. The van der Waals surface area contributed by atoms with Crippen molar-refractivity contribution in [3.63, 3.8) is 0 Å². The number of methoxy groups -OCH3 is 1. The number of hydrogen-bond acceptors (Lipinski definition) is 3. The standard InChI is InChI=1S/C14H17N3O2/c1-11-15-7-8-17(11)13-5-3-12(4-6-13)9-16-14(18)10-19-2/h3-8H,9-10H2,1-2H3,(H,16,18). The molecule has 0 spiro atoms. The molecule has 0 aliphatic carbocycles. The van der Waals surface area contributed by atoms with Crippen molar-refractivity contribution in [1.29, 1.82) is 0 Å². The van der Waals surface area contributed by atoms with E-state index in [1.54, 1.807) is 6.20 Å². The normalized spacial score (nSPS) is 10.4. The van der Waals surface area contributed by atoms with Crippen molar-refractivity contribution in [2.24, 2.45) is 0 Å². The fourth-order valence-corrected chi connectivity index (χ4v) is 1.81. The molecule has 0 unspecified atom stereocenters. The number of nitrogens with one attached hydrogen (secondary N) is 1. The molecular formula is C14H17N3O2. The number of rotatable bonds is 5. The molecule has 1 heterocycles. The van der Waals surface area contributed by atoms with E-state index in [9.17, 15) is 4.79 Å². The second kappa shape index (κ2) is 6.15. The van der Waals surface area contributed by atoms with Gasteiger partial charge in [0.1, 0.15) is 12.4 Å². The van der Waals surface area contributed by atoms with Crippen molar-refractivity contribution in [3.8, 4) is 5.69 Å². The van der Waals surface area contributed by atoms with Crippen LogP contribution in [0.4, 0.5) is 0 Å². The van der Waals surface area contributed by atoms with E-state index in [0.717, 1.165) is 17.1 Å². The first-order valence-electron chi connectivity index (χ1n) is 6.05. The molecule has 0 bridgehead atoms. The minimum absolute atomic E-state index is 0.0896. The Bertz CT molecular complexity index is 546. The Morgan fingerprint density at radius 1 is 1.37 bits per heavy atom. The van der Waals surface area contributed by atoms with Gasteiger partial charge in [-0.1, -0.05) is 12.1 Å². The first-order valence-corrected chi connectivity index (χ1v) is 6.05. The van der Waals surface area contributed by atoms with Crippen molar-refractivity contribution < 1.29 is 9.53 Å². The Labute approximate surface area is 112 Å². The fraction of sp³-hybridized carbons (Fsp3) is 0.286. The van der Waals surface area contributed by atoms with Gasteiger partial charge in [0.2, 0.25) is 5.91 Å². The van der Waals surface area contributed by atoms with E-state index in [4.69, 9.17) is 4.74 Å². The highest BCUT2D eigenvalue weighted by atomic mass is 16.5. The number of benzene rings is 1. The number of hydrogen-bond donors (Lipinski definition) is 1. The molecule has 1 N–H and O–H groups in total. The Hall–Kier alpha value is -2.14. The van der Waals surface area contributed by atoms with Gasteiger partial charge in [0.05, 0.1) is 0 Å². The van der Waals surface area contributed by atoms with Gasteiger partial charge in [0.15, 0.2) is 0 Å². The third kappa shape index (κ3) is 3.42.